The zero-order valence-electron chi connectivity index (χ0n) is 29.0. The lowest BCUT2D eigenvalue weighted by Gasteiger charge is -2.26. The Morgan fingerprint density at radius 1 is 0.870 bits per heavy atom. The van der Waals surface area contributed by atoms with Crippen LogP contribution in [-0.2, 0) is 29.1 Å². The lowest BCUT2D eigenvalue weighted by atomic mass is 10.0. The number of thiophene rings is 2. The van der Waals surface area contributed by atoms with Crippen molar-refractivity contribution in [3.8, 4) is 6.07 Å². The number of hydrogen-bond acceptors (Lipinski definition) is 8. The minimum Gasteiger partial charge on any atom is -0.321 e. The number of fused-ring (bicyclic) bond motifs is 1. The van der Waals surface area contributed by atoms with Gasteiger partial charge in [-0.3, -0.25) is 19.3 Å². The van der Waals surface area contributed by atoms with Gasteiger partial charge in [0.1, 0.15) is 22.0 Å². The number of nitriles is 1. The van der Waals surface area contributed by atoms with Gasteiger partial charge in [-0.2, -0.15) is 5.26 Å². The maximum absolute atomic E-state index is 14.2. The van der Waals surface area contributed by atoms with Crippen molar-refractivity contribution in [1.82, 2.24) is 10.2 Å². The van der Waals surface area contributed by atoms with Crippen LogP contribution in [0.25, 0.3) is 6.08 Å². The number of rotatable bonds is 12. The second-order valence-electron chi connectivity index (χ2n) is 12.5. The van der Waals surface area contributed by atoms with Gasteiger partial charge in [0, 0.05) is 45.5 Å². The summed E-state index contributed by atoms with van der Waals surface area (Å²) in [7, 11) is 0. The largest absolute Gasteiger partial charge is 0.321 e. The maximum Gasteiger partial charge on any atom is 0.272 e. The monoisotopic (exact) mass is 765 g/mol. The molecule has 1 aliphatic heterocycles. The second kappa shape index (κ2) is 17.4. The Bertz CT molecular complexity index is 2320. The minimum atomic E-state index is -0.656. The molecule has 0 bridgehead atoms. The zero-order valence-corrected chi connectivity index (χ0v) is 31.5. The maximum atomic E-state index is 14.2. The summed E-state index contributed by atoms with van der Waals surface area (Å²) >= 11 is 4.27. The first-order valence-corrected chi connectivity index (χ1v) is 19.9. The SMILES string of the molecule is N#Cc1c(NC(=O)C(Sc2cccc(NC(=O)/C(=C/c3cccs3)NC(=O)c3ccccc3)c2)c2ccccc2)sc2c1CCN(Cc1ccccc1)C2. The molecule has 1 atom stereocenters. The molecule has 4 aromatic carbocycles. The van der Waals surface area contributed by atoms with E-state index in [1.807, 2.05) is 84.2 Å². The van der Waals surface area contributed by atoms with Crippen LogP contribution in [0.5, 0.6) is 0 Å². The average Bonchev–Trinajstić information content (AvgIpc) is 3.84. The smallest absolute Gasteiger partial charge is 0.272 e. The highest BCUT2D eigenvalue weighted by Gasteiger charge is 2.28. The van der Waals surface area contributed by atoms with Crippen molar-refractivity contribution in [3.05, 3.63) is 176 Å². The topological polar surface area (TPSA) is 114 Å². The summed E-state index contributed by atoms with van der Waals surface area (Å²) in [5.41, 5.74) is 4.62. The summed E-state index contributed by atoms with van der Waals surface area (Å²) in [5.74, 6) is -1.13. The van der Waals surface area contributed by atoms with E-state index < -0.39 is 17.1 Å². The predicted molar refractivity (Wildman–Crippen MR) is 218 cm³/mol. The molecule has 0 aliphatic carbocycles. The van der Waals surface area contributed by atoms with Gasteiger partial charge in [0.25, 0.3) is 11.8 Å². The molecule has 1 unspecified atom stereocenters. The quantitative estimate of drug-likeness (QED) is 0.0846. The van der Waals surface area contributed by atoms with Gasteiger partial charge < -0.3 is 16.0 Å². The van der Waals surface area contributed by atoms with Crippen molar-refractivity contribution in [3.63, 3.8) is 0 Å². The Balaban J connectivity index is 1.08. The summed E-state index contributed by atoms with van der Waals surface area (Å²) in [6.07, 6.45) is 2.39. The highest BCUT2D eigenvalue weighted by atomic mass is 32.2. The van der Waals surface area contributed by atoms with Crippen molar-refractivity contribution >= 4 is 68.9 Å². The number of nitrogens with one attached hydrogen (secondary N) is 3. The van der Waals surface area contributed by atoms with Crippen LogP contribution >= 0.6 is 34.4 Å². The molecule has 7 rings (SSSR count). The fraction of sp³-hybridized carbons (Fsp3) is 0.116. The first-order chi connectivity index (χ1) is 26.4. The summed E-state index contributed by atoms with van der Waals surface area (Å²) in [6, 6.07) is 41.9. The molecule has 0 saturated carbocycles. The van der Waals surface area contributed by atoms with E-state index in [-0.39, 0.29) is 11.6 Å². The van der Waals surface area contributed by atoms with Gasteiger partial charge >= 0.3 is 0 Å². The van der Waals surface area contributed by atoms with Crippen molar-refractivity contribution in [2.75, 3.05) is 17.2 Å². The molecular weight excluding hydrogens is 731 g/mol. The number of benzene rings is 4. The van der Waals surface area contributed by atoms with Crippen molar-refractivity contribution in [2.24, 2.45) is 0 Å². The molecule has 3 N–H and O–H groups in total. The van der Waals surface area contributed by atoms with E-state index in [1.54, 1.807) is 42.5 Å². The fourth-order valence-corrected chi connectivity index (χ4v) is 9.14. The lowest BCUT2D eigenvalue weighted by molar-refractivity contribution is -0.116. The number of anilines is 2. The van der Waals surface area contributed by atoms with Crippen molar-refractivity contribution in [1.29, 1.82) is 5.26 Å². The van der Waals surface area contributed by atoms with E-state index in [9.17, 15) is 19.6 Å². The van der Waals surface area contributed by atoms with Crippen LogP contribution in [0.2, 0.25) is 0 Å². The molecule has 2 aromatic heterocycles. The molecule has 1 aliphatic rings. The van der Waals surface area contributed by atoms with E-state index in [2.05, 4.69) is 39.1 Å². The molecular formula is C43H35N5O3S3. The average molecular weight is 766 g/mol. The Hall–Kier alpha value is -5.77. The van der Waals surface area contributed by atoms with E-state index in [0.717, 1.165) is 51.8 Å². The molecule has 0 saturated heterocycles. The van der Waals surface area contributed by atoms with Gasteiger partial charge in [-0.25, -0.2) is 0 Å². The molecule has 3 heterocycles. The number of amides is 3. The van der Waals surface area contributed by atoms with E-state index in [1.165, 1.54) is 40.0 Å². The first-order valence-electron chi connectivity index (χ1n) is 17.3. The number of hydrogen-bond donors (Lipinski definition) is 3. The lowest BCUT2D eigenvalue weighted by Crippen LogP contribution is -2.30. The van der Waals surface area contributed by atoms with E-state index in [0.29, 0.717) is 21.8 Å². The van der Waals surface area contributed by atoms with Crippen LogP contribution < -0.4 is 16.0 Å². The van der Waals surface area contributed by atoms with Crippen molar-refractivity contribution in [2.45, 2.75) is 29.7 Å². The molecule has 8 nitrogen and oxygen atoms in total. The van der Waals surface area contributed by atoms with Crippen LogP contribution in [0.1, 0.15) is 47.6 Å². The standard InChI is InChI=1S/C43H35N5O3S3/c44-26-36-35-21-22-48(27-29-12-4-1-5-13-29)28-38(35)54-43(36)47-42(51)39(30-14-6-2-7-15-30)53-34-19-10-18-32(24-34)45-41(50)37(25-33-20-11-23-52-33)46-40(49)31-16-8-3-9-17-31/h1-20,23-25,39H,21-22,27-28H2,(H,45,50)(H,46,49)(H,47,51)/b37-25-. The summed E-state index contributed by atoms with van der Waals surface area (Å²) in [6.45, 7) is 2.37. The van der Waals surface area contributed by atoms with Gasteiger partial charge in [0.2, 0.25) is 5.91 Å². The zero-order chi connectivity index (χ0) is 37.3. The Labute approximate surface area is 326 Å². The molecule has 11 heteroatoms. The Morgan fingerprint density at radius 2 is 1.61 bits per heavy atom. The van der Waals surface area contributed by atoms with Gasteiger partial charge in [-0.1, -0.05) is 91.0 Å². The molecule has 268 valence electrons. The highest BCUT2D eigenvalue weighted by Crippen LogP contribution is 2.41. The molecule has 54 heavy (non-hydrogen) atoms. The Morgan fingerprint density at radius 3 is 2.33 bits per heavy atom. The van der Waals surface area contributed by atoms with Crippen LogP contribution in [0.3, 0.4) is 0 Å². The number of carbonyl (C=O) groups excluding carboxylic acids is 3. The number of carbonyl (C=O) groups is 3. The van der Waals surface area contributed by atoms with Gasteiger partial charge in [0.15, 0.2) is 0 Å². The molecule has 0 radical (unpaired) electrons. The number of thioether (sulfide) groups is 1. The van der Waals surface area contributed by atoms with E-state index in [4.69, 9.17) is 0 Å². The van der Waals surface area contributed by atoms with Crippen LogP contribution in [-0.4, -0.2) is 29.2 Å². The van der Waals surface area contributed by atoms with E-state index >= 15 is 0 Å². The molecule has 3 amide bonds. The third-order valence-electron chi connectivity index (χ3n) is 8.78. The summed E-state index contributed by atoms with van der Waals surface area (Å²) in [5, 5.41) is 20.8. The Kier molecular flexibility index (Phi) is 11.8. The first kappa shape index (κ1) is 36.6. The van der Waals surface area contributed by atoms with Crippen LogP contribution in [0.15, 0.2) is 143 Å². The van der Waals surface area contributed by atoms with Crippen molar-refractivity contribution < 1.29 is 14.4 Å². The number of nitrogens with zero attached hydrogens (tertiary/aromatic N) is 2. The molecule has 6 aromatic rings. The highest BCUT2D eigenvalue weighted by molar-refractivity contribution is 8.00. The normalized spacial score (nSPS) is 13.3. The van der Waals surface area contributed by atoms with Gasteiger partial charge in [-0.15, -0.1) is 34.4 Å². The minimum absolute atomic E-state index is 0.0982. The summed E-state index contributed by atoms with van der Waals surface area (Å²) in [4.78, 5) is 45.9. The van der Waals surface area contributed by atoms with Gasteiger partial charge in [0.05, 0.1) is 5.56 Å². The molecule has 0 spiro atoms. The third-order valence-corrected chi connectivity index (χ3v) is 12.0. The summed E-state index contributed by atoms with van der Waals surface area (Å²) < 4.78 is 0. The fourth-order valence-electron chi connectivity index (χ4n) is 6.16. The third kappa shape index (κ3) is 9.05. The van der Waals surface area contributed by atoms with Crippen LogP contribution in [0, 0.1) is 11.3 Å². The predicted octanol–water partition coefficient (Wildman–Crippen LogP) is 9.12. The molecule has 0 fully saturated rings. The van der Waals surface area contributed by atoms with Gasteiger partial charge in [-0.05, 0) is 71.0 Å². The van der Waals surface area contributed by atoms with Crippen LogP contribution in [0.4, 0.5) is 10.7 Å². The second-order valence-corrected chi connectivity index (χ2v) is 15.8.